The Bertz CT molecular complexity index is 439. The Kier molecular flexibility index (Phi) is 4.66. The van der Waals surface area contributed by atoms with E-state index < -0.39 is 0 Å². The molecule has 19 heavy (non-hydrogen) atoms. The molecule has 1 aromatic rings. The molecule has 0 heterocycles. The molecular weight excluding hydrogens is 242 g/mol. The second-order valence-corrected chi connectivity index (χ2v) is 4.93. The number of benzene rings is 1. The number of carbonyl (C=O) groups excluding carboxylic acids is 1. The van der Waals surface area contributed by atoms with Crippen molar-refractivity contribution in [2.45, 2.75) is 32.6 Å². The SMILES string of the molecule is CCOc1ccc(C(=O)OCC2CCCC2)cc1N. The highest BCUT2D eigenvalue weighted by molar-refractivity contribution is 5.91. The van der Waals surface area contributed by atoms with Crippen LogP contribution in [0.3, 0.4) is 0 Å². The van der Waals surface area contributed by atoms with Gasteiger partial charge in [-0.25, -0.2) is 4.79 Å². The molecule has 0 aliphatic heterocycles. The van der Waals surface area contributed by atoms with Crippen LogP contribution in [0.2, 0.25) is 0 Å². The fourth-order valence-electron chi connectivity index (χ4n) is 2.42. The maximum atomic E-state index is 11.9. The molecule has 104 valence electrons. The van der Waals surface area contributed by atoms with Crippen molar-refractivity contribution >= 4 is 11.7 Å². The van der Waals surface area contributed by atoms with Crippen molar-refractivity contribution in [1.82, 2.24) is 0 Å². The van der Waals surface area contributed by atoms with E-state index in [-0.39, 0.29) is 5.97 Å². The van der Waals surface area contributed by atoms with E-state index in [0.717, 1.165) is 0 Å². The Morgan fingerprint density at radius 2 is 2.11 bits per heavy atom. The van der Waals surface area contributed by atoms with Gasteiger partial charge in [-0.05, 0) is 43.9 Å². The largest absolute Gasteiger partial charge is 0.492 e. The molecule has 1 aliphatic carbocycles. The van der Waals surface area contributed by atoms with Gasteiger partial charge in [0.25, 0.3) is 0 Å². The van der Waals surface area contributed by atoms with Crippen molar-refractivity contribution < 1.29 is 14.3 Å². The summed E-state index contributed by atoms with van der Waals surface area (Å²) < 4.78 is 10.7. The van der Waals surface area contributed by atoms with Gasteiger partial charge in [0.2, 0.25) is 0 Å². The maximum absolute atomic E-state index is 11.9. The van der Waals surface area contributed by atoms with Crippen molar-refractivity contribution in [1.29, 1.82) is 0 Å². The van der Waals surface area contributed by atoms with Crippen LogP contribution >= 0.6 is 0 Å². The molecule has 2 rings (SSSR count). The van der Waals surface area contributed by atoms with Crippen molar-refractivity contribution in [2.75, 3.05) is 18.9 Å². The number of ether oxygens (including phenoxy) is 2. The van der Waals surface area contributed by atoms with Gasteiger partial charge >= 0.3 is 5.97 Å². The van der Waals surface area contributed by atoms with Crippen LogP contribution in [0.5, 0.6) is 5.75 Å². The third-order valence-electron chi connectivity index (χ3n) is 3.47. The zero-order valence-corrected chi connectivity index (χ0v) is 11.4. The van der Waals surface area contributed by atoms with Gasteiger partial charge in [0.1, 0.15) is 5.75 Å². The van der Waals surface area contributed by atoms with Crippen LogP contribution in [-0.2, 0) is 4.74 Å². The van der Waals surface area contributed by atoms with E-state index in [0.29, 0.717) is 36.1 Å². The molecule has 0 amide bonds. The predicted octanol–water partition coefficient (Wildman–Crippen LogP) is 3.01. The molecule has 1 saturated carbocycles. The number of rotatable bonds is 5. The monoisotopic (exact) mass is 263 g/mol. The molecule has 1 aromatic carbocycles. The lowest BCUT2D eigenvalue weighted by molar-refractivity contribution is 0.0442. The third kappa shape index (κ3) is 3.63. The molecule has 1 aliphatic rings. The van der Waals surface area contributed by atoms with Crippen LogP contribution in [0, 0.1) is 5.92 Å². The Morgan fingerprint density at radius 1 is 1.37 bits per heavy atom. The quantitative estimate of drug-likeness (QED) is 0.655. The summed E-state index contributed by atoms with van der Waals surface area (Å²) in [6.07, 6.45) is 4.83. The van der Waals surface area contributed by atoms with E-state index in [1.807, 2.05) is 6.92 Å². The summed E-state index contributed by atoms with van der Waals surface area (Å²) >= 11 is 0. The lowest BCUT2D eigenvalue weighted by atomic mass is 10.1. The minimum Gasteiger partial charge on any atom is -0.492 e. The second-order valence-electron chi connectivity index (χ2n) is 4.93. The van der Waals surface area contributed by atoms with Crippen LogP contribution in [0.1, 0.15) is 43.0 Å². The number of carbonyl (C=O) groups is 1. The Balaban J connectivity index is 1.92. The van der Waals surface area contributed by atoms with Gasteiger partial charge in [-0.2, -0.15) is 0 Å². The first kappa shape index (κ1) is 13.7. The zero-order chi connectivity index (χ0) is 13.7. The van der Waals surface area contributed by atoms with Crippen molar-refractivity contribution in [3.05, 3.63) is 23.8 Å². The number of nitrogen functional groups attached to an aromatic ring is 1. The average Bonchev–Trinajstić information content (AvgIpc) is 2.91. The lowest BCUT2D eigenvalue weighted by Gasteiger charge is -2.11. The van der Waals surface area contributed by atoms with E-state index in [2.05, 4.69) is 0 Å². The van der Waals surface area contributed by atoms with Gasteiger partial charge in [-0.15, -0.1) is 0 Å². The van der Waals surface area contributed by atoms with Gasteiger partial charge in [-0.3, -0.25) is 0 Å². The van der Waals surface area contributed by atoms with E-state index in [1.165, 1.54) is 25.7 Å². The Labute approximate surface area is 113 Å². The lowest BCUT2D eigenvalue weighted by Crippen LogP contribution is -2.12. The first-order valence-electron chi connectivity index (χ1n) is 6.90. The first-order chi connectivity index (χ1) is 9.20. The highest BCUT2D eigenvalue weighted by atomic mass is 16.5. The summed E-state index contributed by atoms with van der Waals surface area (Å²) in [6.45, 7) is 2.96. The van der Waals surface area contributed by atoms with Gasteiger partial charge < -0.3 is 15.2 Å². The van der Waals surface area contributed by atoms with Crippen LogP contribution in [0.4, 0.5) is 5.69 Å². The molecule has 0 saturated heterocycles. The Hall–Kier alpha value is -1.71. The first-order valence-corrected chi connectivity index (χ1v) is 6.90. The number of hydrogen-bond acceptors (Lipinski definition) is 4. The molecule has 1 fully saturated rings. The number of nitrogens with two attached hydrogens (primary N) is 1. The molecule has 0 bridgehead atoms. The topological polar surface area (TPSA) is 61.5 Å². The molecule has 0 radical (unpaired) electrons. The average molecular weight is 263 g/mol. The van der Waals surface area contributed by atoms with Gasteiger partial charge in [-0.1, -0.05) is 12.8 Å². The molecule has 4 nitrogen and oxygen atoms in total. The summed E-state index contributed by atoms with van der Waals surface area (Å²) in [7, 11) is 0. The molecule has 4 heteroatoms. The van der Waals surface area contributed by atoms with Crippen molar-refractivity contribution in [2.24, 2.45) is 5.92 Å². The summed E-state index contributed by atoms with van der Waals surface area (Å²) in [5, 5.41) is 0. The van der Waals surface area contributed by atoms with Crippen LogP contribution < -0.4 is 10.5 Å². The summed E-state index contributed by atoms with van der Waals surface area (Å²) in [6, 6.07) is 5.02. The Morgan fingerprint density at radius 3 is 2.74 bits per heavy atom. The van der Waals surface area contributed by atoms with Crippen molar-refractivity contribution in [3.63, 3.8) is 0 Å². The fraction of sp³-hybridized carbons (Fsp3) is 0.533. The number of hydrogen-bond donors (Lipinski definition) is 1. The smallest absolute Gasteiger partial charge is 0.338 e. The summed E-state index contributed by atoms with van der Waals surface area (Å²) in [5.41, 5.74) is 6.79. The second kappa shape index (κ2) is 6.45. The van der Waals surface area contributed by atoms with Gasteiger partial charge in [0, 0.05) is 0 Å². The third-order valence-corrected chi connectivity index (χ3v) is 3.47. The molecule has 0 atom stereocenters. The number of esters is 1. The fourth-order valence-corrected chi connectivity index (χ4v) is 2.42. The molecular formula is C15H21NO3. The number of anilines is 1. The summed E-state index contributed by atoms with van der Waals surface area (Å²) in [4.78, 5) is 11.9. The zero-order valence-electron chi connectivity index (χ0n) is 11.4. The van der Waals surface area contributed by atoms with Crippen LogP contribution in [-0.4, -0.2) is 19.2 Å². The van der Waals surface area contributed by atoms with E-state index in [1.54, 1.807) is 18.2 Å². The van der Waals surface area contributed by atoms with Crippen LogP contribution in [0.15, 0.2) is 18.2 Å². The molecule has 0 aromatic heterocycles. The highest BCUT2D eigenvalue weighted by Crippen LogP contribution is 2.26. The normalized spacial score (nSPS) is 15.4. The molecule has 0 unspecified atom stereocenters. The summed E-state index contributed by atoms with van der Waals surface area (Å²) in [5.74, 6) is 0.834. The van der Waals surface area contributed by atoms with Gasteiger partial charge in [0.05, 0.1) is 24.5 Å². The molecule has 0 spiro atoms. The van der Waals surface area contributed by atoms with E-state index >= 15 is 0 Å². The van der Waals surface area contributed by atoms with E-state index in [9.17, 15) is 4.79 Å². The van der Waals surface area contributed by atoms with Gasteiger partial charge in [0.15, 0.2) is 0 Å². The minimum atomic E-state index is -0.304. The maximum Gasteiger partial charge on any atom is 0.338 e. The standard InChI is InChI=1S/C15H21NO3/c1-2-18-14-8-7-12(9-13(14)16)15(17)19-10-11-5-3-4-6-11/h7-9,11H,2-6,10,16H2,1H3. The predicted molar refractivity (Wildman–Crippen MR) is 74.3 cm³/mol. The molecule has 2 N–H and O–H groups in total. The van der Waals surface area contributed by atoms with E-state index in [4.69, 9.17) is 15.2 Å². The highest BCUT2D eigenvalue weighted by Gasteiger charge is 2.18. The minimum absolute atomic E-state index is 0.304. The van der Waals surface area contributed by atoms with Crippen LogP contribution in [0.25, 0.3) is 0 Å². The van der Waals surface area contributed by atoms with Crippen molar-refractivity contribution in [3.8, 4) is 5.75 Å².